The Morgan fingerprint density at radius 3 is 2.45 bits per heavy atom. The number of aliphatic hydroxyl groups excluding tert-OH is 1. The van der Waals surface area contributed by atoms with Gasteiger partial charge < -0.3 is 19.6 Å². The topological polar surface area (TPSA) is 58.8 Å². The predicted octanol–water partition coefficient (Wildman–Crippen LogP) is 5.44. The smallest absolute Gasteiger partial charge is 0.416 e. The molecule has 0 saturated heterocycles. The van der Waals surface area contributed by atoms with E-state index in [1.165, 1.54) is 19.2 Å². The van der Waals surface area contributed by atoms with Crippen molar-refractivity contribution >= 4 is 11.3 Å². The van der Waals surface area contributed by atoms with E-state index < -0.39 is 18.0 Å². The van der Waals surface area contributed by atoms with Crippen LogP contribution in [0.1, 0.15) is 22.9 Å². The molecule has 0 aliphatic rings. The average molecular weight is 427 g/mol. The molecule has 8 heteroatoms. The highest BCUT2D eigenvalue weighted by Gasteiger charge is 2.35. The Balaban J connectivity index is 1.56. The molecule has 0 bridgehead atoms. The molecule has 2 aromatic heterocycles. The van der Waals surface area contributed by atoms with Crippen LogP contribution in [0.3, 0.4) is 0 Å². The average Bonchev–Trinajstić information content (AvgIpc) is 3.16. The number of anilines is 1. The monoisotopic (exact) mass is 427 g/mol. The van der Waals surface area contributed by atoms with Gasteiger partial charge in [-0.3, -0.25) is 0 Å². The van der Waals surface area contributed by atoms with Crippen LogP contribution in [0.5, 0.6) is 5.75 Å². The van der Waals surface area contributed by atoms with Crippen LogP contribution in [0.4, 0.5) is 18.9 Å². The molecular weight excluding hydrogens is 407 g/mol. The first-order valence-electron chi connectivity index (χ1n) is 9.50. The van der Waals surface area contributed by atoms with Gasteiger partial charge in [0, 0.05) is 29.2 Å². The van der Waals surface area contributed by atoms with Crippen molar-refractivity contribution in [3.8, 4) is 17.0 Å². The Kier molecular flexibility index (Phi) is 5.32. The lowest BCUT2D eigenvalue weighted by molar-refractivity contribution is -0.139. The molecule has 0 amide bonds. The van der Waals surface area contributed by atoms with Gasteiger partial charge in [-0.05, 0) is 42.8 Å². The van der Waals surface area contributed by atoms with Crippen LogP contribution >= 0.6 is 0 Å². The van der Waals surface area contributed by atoms with Crippen LogP contribution in [0.15, 0.2) is 67.0 Å². The number of methoxy groups -OCH3 is 1. The summed E-state index contributed by atoms with van der Waals surface area (Å²) < 4.78 is 47.1. The highest BCUT2D eigenvalue weighted by molar-refractivity contribution is 5.65. The molecule has 31 heavy (non-hydrogen) atoms. The van der Waals surface area contributed by atoms with Gasteiger partial charge in [-0.15, -0.1) is 0 Å². The van der Waals surface area contributed by atoms with E-state index in [1.54, 1.807) is 24.3 Å². The van der Waals surface area contributed by atoms with Gasteiger partial charge in [-0.1, -0.05) is 24.3 Å². The molecule has 2 heterocycles. The Bertz CT molecular complexity index is 1220. The molecule has 0 aliphatic heterocycles. The molecule has 160 valence electrons. The number of ether oxygens (including phenoxy) is 1. The van der Waals surface area contributed by atoms with Crippen LogP contribution in [0, 0.1) is 6.92 Å². The molecule has 0 spiro atoms. The molecule has 2 aromatic carbocycles. The van der Waals surface area contributed by atoms with Gasteiger partial charge in [0.2, 0.25) is 0 Å². The van der Waals surface area contributed by atoms with Crippen molar-refractivity contribution in [3.63, 3.8) is 0 Å². The molecular formula is C23H20F3N3O2. The van der Waals surface area contributed by atoms with E-state index >= 15 is 0 Å². The minimum absolute atomic E-state index is 0.0651. The fourth-order valence-corrected chi connectivity index (χ4v) is 3.36. The van der Waals surface area contributed by atoms with E-state index in [2.05, 4.69) is 10.3 Å². The number of hydrogen-bond acceptors (Lipinski definition) is 4. The minimum Gasteiger partial charge on any atom is -0.497 e. The number of pyridine rings is 1. The van der Waals surface area contributed by atoms with Gasteiger partial charge in [0.25, 0.3) is 0 Å². The van der Waals surface area contributed by atoms with Crippen molar-refractivity contribution in [1.82, 2.24) is 9.38 Å². The highest BCUT2D eigenvalue weighted by atomic mass is 19.4. The summed E-state index contributed by atoms with van der Waals surface area (Å²) in [6.07, 6.45) is -2.29. The second kappa shape index (κ2) is 7.96. The molecule has 5 nitrogen and oxygen atoms in total. The summed E-state index contributed by atoms with van der Waals surface area (Å²) in [6, 6.07) is 14.3. The minimum atomic E-state index is -4.63. The Labute approximate surface area is 176 Å². The largest absolute Gasteiger partial charge is 0.497 e. The number of aliphatic hydroxyl groups is 1. The molecule has 0 aliphatic carbocycles. The standard InChI is InChI=1S/C23H20F3N3O2/c1-14-3-10-21-28-20(13-29(21)12-14)15-4-6-16(7-5-15)27-22(30)18-9-8-17(31-2)11-19(18)23(24,25)26/h3-13,22,27,30H,1-2H3. The lowest BCUT2D eigenvalue weighted by atomic mass is 10.0. The fraction of sp³-hybridized carbons (Fsp3) is 0.174. The lowest BCUT2D eigenvalue weighted by Crippen LogP contribution is -2.17. The third-order valence-corrected chi connectivity index (χ3v) is 4.94. The number of alkyl halides is 3. The number of halogens is 3. The second-order valence-electron chi connectivity index (χ2n) is 7.17. The number of nitrogens with one attached hydrogen (secondary N) is 1. The zero-order chi connectivity index (χ0) is 22.2. The molecule has 4 aromatic rings. The zero-order valence-corrected chi connectivity index (χ0v) is 16.8. The summed E-state index contributed by atoms with van der Waals surface area (Å²) in [5, 5.41) is 13.1. The third kappa shape index (κ3) is 4.34. The van der Waals surface area contributed by atoms with Crippen molar-refractivity contribution in [1.29, 1.82) is 0 Å². The van der Waals surface area contributed by atoms with E-state index in [4.69, 9.17) is 4.74 Å². The molecule has 4 rings (SSSR count). The normalized spacial score (nSPS) is 12.7. The summed E-state index contributed by atoms with van der Waals surface area (Å²) in [4.78, 5) is 4.57. The Morgan fingerprint density at radius 2 is 1.77 bits per heavy atom. The van der Waals surface area contributed by atoms with Crippen molar-refractivity contribution in [2.75, 3.05) is 12.4 Å². The van der Waals surface area contributed by atoms with Crippen molar-refractivity contribution < 1.29 is 23.0 Å². The molecule has 2 N–H and O–H groups in total. The van der Waals surface area contributed by atoms with Crippen LogP contribution < -0.4 is 10.1 Å². The van der Waals surface area contributed by atoms with E-state index in [1.807, 2.05) is 35.9 Å². The Hall–Kier alpha value is -3.52. The van der Waals surface area contributed by atoms with Crippen molar-refractivity contribution in [2.24, 2.45) is 0 Å². The van der Waals surface area contributed by atoms with Crippen LogP contribution in [0.2, 0.25) is 0 Å². The predicted molar refractivity (Wildman–Crippen MR) is 112 cm³/mol. The third-order valence-electron chi connectivity index (χ3n) is 4.94. The molecule has 0 fully saturated rings. The van der Waals surface area contributed by atoms with Crippen LogP contribution in [-0.4, -0.2) is 21.6 Å². The highest BCUT2D eigenvalue weighted by Crippen LogP contribution is 2.37. The number of fused-ring (bicyclic) bond motifs is 1. The van der Waals surface area contributed by atoms with Gasteiger partial charge >= 0.3 is 6.18 Å². The zero-order valence-electron chi connectivity index (χ0n) is 16.8. The maximum atomic E-state index is 13.4. The maximum Gasteiger partial charge on any atom is 0.416 e. The number of aromatic nitrogens is 2. The van der Waals surface area contributed by atoms with E-state index in [-0.39, 0.29) is 11.3 Å². The number of benzene rings is 2. The number of hydrogen-bond donors (Lipinski definition) is 2. The Morgan fingerprint density at radius 1 is 1.03 bits per heavy atom. The van der Waals surface area contributed by atoms with Gasteiger partial charge in [0.15, 0.2) is 6.23 Å². The summed E-state index contributed by atoms with van der Waals surface area (Å²) >= 11 is 0. The number of rotatable bonds is 5. The SMILES string of the molecule is COc1ccc(C(O)Nc2ccc(-c3cn4cc(C)ccc4n3)cc2)c(C(F)(F)F)c1. The first-order valence-corrected chi connectivity index (χ1v) is 9.50. The summed E-state index contributed by atoms with van der Waals surface area (Å²) in [5.41, 5.74) is 2.78. The number of nitrogens with zero attached hydrogens (tertiary/aromatic N) is 2. The lowest BCUT2D eigenvalue weighted by Gasteiger charge is -2.20. The van der Waals surface area contributed by atoms with E-state index in [0.717, 1.165) is 28.5 Å². The first kappa shape index (κ1) is 20.7. The molecule has 1 atom stereocenters. The van der Waals surface area contributed by atoms with Gasteiger partial charge in [0.1, 0.15) is 11.4 Å². The molecule has 0 radical (unpaired) electrons. The maximum absolute atomic E-state index is 13.4. The quantitative estimate of drug-likeness (QED) is 0.417. The first-order chi connectivity index (χ1) is 14.7. The van der Waals surface area contributed by atoms with Gasteiger partial charge in [-0.2, -0.15) is 13.2 Å². The summed E-state index contributed by atoms with van der Waals surface area (Å²) in [6.45, 7) is 2.00. The van der Waals surface area contributed by atoms with Crippen LogP contribution in [-0.2, 0) is 6.18 Å². The van der Waals surface area contributed by atoms with Gasteiger partial charge in [0.05, 0.1) is 18.4 Å². The molecule has 1 unspecified atom stereocenters. The van der Waals surface area contributed by atoms with Crippen molar-refractivity contribution in [2.45, 2.75) is 19.3 Å². The summed E-state index contributed by atoms with van der Waals surface area (Å²) in [7, 11) is 1.29. The van der Waals surface area contributed by atoms with Crippen molar-refractivity contribution in [3.05, 3.63) is 83.7 Å². The second-order valence-corrected chi connectivity index (χ2v) is 7.17. The van der Waals surface area contributed by atoms with E-state index in [9.17, 15) is 18.3 Å². The van der Waals surface area contributed by atoms with E-state index in [0.29, 0.717) is 5.69 Å². The molecule has 0 saturated carbocycles. The fourth-order valence-electron chi connectivity index (χ4n) is 3.36. The number of aryl methyl sites for hydroxylation is 1. The number of imidazole rings is 1. The van der Waals surface area contributed by atoms with Gasteiger partial charge in [-0.25, -0.2) is 4.98 Å². The summed E-state index contributed by atoms with van der Waals surface area (Å²) in [5.74, 6) is 0.0651. The van der Waals surface area contributed by atoms with Crippen LogP contribution in [0.25, 0.3) is 16.9 Å².